The van der Waals surface area contributed by atoms with Gasteiger partial charge >= 0.3 is 0 Å². The monoisotopic (exact) mass is 274 g/mol. The highest BCUT2D eigenvalue weighted by molar-refractivity contribution is 7.84. The molecular weight excluding hydrogens is 260 g/mol. The van der Waals surface area contributed by atoms with E-state index in [4.69, 9.17) is 11.6 Å². The van der Waals surface area contributed by atoms with Crippen LogP contribution in [0.2, 0.25) is 5.15 Å². The molecule has 2 atom stereocenters. The van der Waals surface area contributed by atoms with Gasteiger partial charge in [-0.3, -0.25) is 9.00 Å². The van der Waals surface area contributed by atoms with E-state index in [9.17, 15) is 9.00 Å². The van der Waals surface area contributed by atoms with Gasteiger partial charge in [0.15, 0.2) is 0 Å². The zero-order valence-electron chi connectivity index (χ0n) is 9.77. The SMILES string of the molecule is CC(CCNC(=O)c1ccnc(Cl)c1)S(C)=O. The van der Waals surface area contributed by atoms with Gasteiger partial charge < -0.3 is 5.32 Å². The van der Waals surface area contributed by atoms with Crippen molar-refractivity contribution in [2.75, 3.05) is 12.8 Å². The molecule has 0 saturated heterocycles. The fourth-order valence-corrected chi connectivity index (χ4v) is 1.82. The molecule has 0 aliphatic rings. The molecule has 1 N–H and O–H groups in total. The molecule has 0 spiro atoms. The molecule has 2 unspecified atom stereocenters. The van der Waals surface area contributed by atoms with Gasteiger partial charge in [-0.05, 0) is 18.6 Å². The molecule has 94 valence electrons. The first-order valence-corrected chi connectivity index (χ1v) is 7.22. The van der Waals surface area contributed by atoms with Crippen LogP contribution >= 0.6 is 11.6 Å². The molecule has 6 heteroatoms. The summed E-state index contributed by atoms with van der Waals surface area (Å²) in [4.78, 5) is 15.5. The number of rotatable bonds is 5. The lowest BCUT2D eigenvalue weighted by Gasteiger charge is -2.09. The second kappa shape index (κ2) is 6.71. The highest BCUT2D eigenvalue weighted by atomic mass is 35.5. The fourth-order valence-electron chi connectivity index (χ4n) is 1.20. The summed E-state index contributed by atoms with van der Waals surface area (Å²) in [5, 5.41) is 3.12. The van der Waals surface area contributed by atoms with Crippen molar-refractivity contribution in [1.82, 2.24) is 10.3 Å². The Bertz CT molecular complexity index is 426. The van der Waals surface area contributed by atoms with E-state index in [-0.39, 0.29) is 11.2 Å². The van der Waals surface area contributed by atoms with Crippen LogP contribution in [0.1, 0.15) is 23.7 Å². The number of amides is 1. The van der Waals surface area contributed by atoms with E-state index < -0.39 is 10.8 Å². The minimum atomic E-state index is -0.856. The molecule has 0 saturated carbocycles. The van der Waals surface area contributed by atoms with E-state index in [0.717, 1.165) is 0 Å². The van der Waals surface area contributed by atoms with Crippen LogP contribution in [0.4, 0.5) is 0 Å². The van der Waals surface area contributed by atoms with E-state index in [1.165, 1.54) is 12.3 Å². The first-order chi connectivity index (χ1) is 8.00. The number of halogens is 1. The van der Waals surface area contributed by atoms with Crippen molar-refractivity contribution >= 4 is 28.3 Å². The minimum absolute atomic E-state index is 0.0799. The second-order valence-electron chi connectivity index (χ2n) is 3.72. The van der Waals surface area contributed by atoms with Crippen molar-refractivity contribution in [3.8, 4) is 0 Å². The number of pyridine rings is 1. The van der Waals surface area contributed by atoms with Gasteiger partial charge in [0.25, 0.3) is 5.91 Å². The molecule has 0 aromatic carbocycles. The zero-order valence-corrected chi connectivity index (χ0v) is 11.3. The van der Waals surface area contributed by atoms with Crippen LogP contribution in [-0.4, -0.2) is 33.2 Å². The predicted octanol–water partition coefficient (Wildman–Crippen LogP) is 1.62. The largest absolute Gasteiger partial charge is 0.352 e. The van der Waals surface area contributed by atoms with Crippen molar-refractivity contribution in [2.24, 2.45) is 0 Å². The number of nitrogens with zero attached hydrogens (tertiary/aromatic N) is 1. The lowest BCUT2D eigenvalue weighted by Crippen LogP contribution is -2.27. The summed E-state index contributed by atoms with van der Waals surface area (Å²) in [6, 6.07) is 3.11. The van der Waals surface area contributed by atoms with Crippen molar-refractivity contribution in [3.05, 3.63) is 29.0 Å². The Balaban J connectivity index is 2.43. The summed E-state index contributed by atoms with van der Waals surface area (Å²) in [6.45, 7) is 2.39. The third kappa shape index (κ3) is 4.83. The summed E-state index contributed by atoms with van der Waals surface area (Å²) >= 11 is 5.68. The molecule has 1 rings (SSSR count). The molecule has 0 fully saturated rings. The van der Waals surface area contributed by atoms with Gasteiger partial charge in [0, 0.05) is 40.6 Å². The Morgan fingerprint density at radius 1 is 1.65 bits per heavy atom. The lowest BCUT2D eigenvalue weighted by atomic mass is 10.2. The number of carbonyl (C=O) groups excluding carboxylic acids is 1. The third-order valence-electron chi connectivity index (χ3n) is 2.39. The molecule has 0 bridgehead atoms. The normalized spacial score (nSPS) is 14.1. The van der Waals surface area contributed by atoms with E-state index >= 15 is 0 Å². The van der Waals surface area contributed by atoms with Crippen LogP contribution in [-0.2, 0) is 10.8 Å². The number of hydrogen-bond donors (Lipinski definition) is 1. The van der Waals surface area contributed by atoms with Crippen LogP contribution in [0.15, 0.2) is 18.3 Å². The maximum absolute atomic E-state index is 11.7. The summed E-state index contributed by atoms with van der Waals surface area (Å²) in [6.07, 6.45) is 3.84. The lowest BCUT2D eigenvalue weighted by molar-refractivity contribution is 0.0953. The summed E-state index contributed by atoms with van der Waals surface area (Å²) in [5.41, 5.74) is 0.482. The smallest absolute Gasteiger partial charge is 0.251 e. The molecule has 1 heterocycles. The van der Waals surface area contributed by atoms with Gasteiger partial charge in [-0.15, -0.1) is 0 Å². The maximum atomic E-state index is 11.7. The molecule has 4 nitrogen and oxygen atoms in total. The van der Waals surface area contributed by atoms with Gasteiger partial charge in [0.05, 0.1) is 0 Å². The first kappa shape index (κ1) is 14.1. The average Bonchev–Trinajstić information content (AvgIpc) is 2.28. The van der Waals surface area contributed by atoms with Gasteiger partial charge in [-0.2, -0.15) is 0 Å². The first-order valence-electron chi connectivity index (χ1n) is 5.22. The Morgan fingerprint density at radius 2 is 2.35 bits per heavy atom. The molecule has 0 aliphatic heterocycles. The Kier molecular flexibility index (Phi) is 5.58. The van der Waals surface area contributed by atoms with E-state index in [1.54, 1.807) is 12.3 Å². The highest BCUT2D eigenvalue weighted by Gasteiger charge is 2.08. The van der Waals surface area contributed by atoms with Crippen LogP contribution in [0.5, 0.6) is 0 Å². The summed E-state index contributed by atoms with van der Waals surface area (Å²) < 4.78 is 11.1. The van der Waals surface area contributed by atoms with Gasteiger partial charge in [0.2, 0.25) is 0 Å². The van der Waals surface area contributed by atoms with Crippen LogP contribution in [0.25, 0.3) is 0 Å². The molecule has 0 aliphatic carbocycles. The van der Waals surface area contributed by atoms with Crippen molar-refractivity contribution < 1.29 is 9.00 Å². The summed E-state index contributed by atoms with van der Waals surface area (Å²) in [5.74, 6) is -0.191. The standard InChI is InChI=1S/C11H15ClN2O2S/c1-8(17(2)16)3-5-14-11(15)9-4-6-13-10(12)7-9/h4,6-8H,3,5H2,1-2H3,(H,14,15). The zero-order chi connectivity index (χ0) is 12.8. The number of nitrogens with one attached hydrogen (secondary N) is 1. The molecule has 17 heavy (non-hydrogen) atoms. The van der Waals surface area contributed by atoms with Crippen LogP contribution in [0, 0.1) is 0 Å². The predicted molar refractivity (Wildman–Crippen MR) is 69.7 cm³/mol. The Hall–Kier alpha value is -0.940. The van der Waals surface area contributed by atoms with Gasteiger partial charge in [-0.1, -0.05) is 18.5 Å². The molecule has 1 amide bonds. The second-order valence-corrected chi connectivity index (χ2v) is 5.91. The van der Waals surface area contributed by atoms with Crippen LogP contribution < -0.4 is 5.32 Å². The highest BCUT2D eigenvalue weighted by Crippen LogP contribution is 2.06. The van der Waals surface area contributed by atoms with E-state index in [2.05, 4.69) is 10.3 Å². The van der Waals surface area contributed by atoms with Crippen LogP contribution in [0.3, 0.4) is 0 Å². The topological polar surface area (TPSA) is 59.1 Å². The van der Waals surface area contributed by atoms with Crippen molar-refractivity contribution in [1.29, 1.82) is 0 Å². The Labute approximate surface area is 108 Å². The minimum Gasteiger partial charge on any atom is -0.352 e. The number of aromatic nitrogens is 1. The molecule has 0 radical (unpaired) electrons. The maximum Gasteiger partial charge on any atom is 0.251 e. The Morgan fingerprint density at radius 3 is 2.94 bits per heavy atom. The van der Waals surface area contributed by atoms with Gasteiger partial charge in [-0.25, -0.2) is 4.98 Å². The van der Waals surface area contributed by atoms with E-state index in [1.807, 2.05) is 6.92 Å². The van der Waals surface area contributed by atoms with Gasteiger partial charge in [0.1, 0.15) is 5.15 Å². The average molecular weight is 275 g/mol. The number of hydrogen-bond acceptors (Lipinski definition) is 3. The fraction of sp³-hybridized carbons (Fsp3) is 0.455. The van der Waals surface area contributed by atoms with Crippen molar-refractivity contribution in [2.45, 2.75) is 18.6 Å². The van der Waals surface area contributed by atoms with E-state index in [0.29, 0.717) is 23.7 Å². The summed E-state index contributed by atoms with van der Waals surface area (Å²) in [7, 11) is -0.856. The third-order valence-corrected chi connectivity index (χ3v) is 3.97. The molecule has 1 aromatic rings. The van der Waals surface area contributed by atoms with Crippen molar-refractivity contribution in [3.63, 3.8) is 0 Å². The quantitative estimate of drug-likeness (QED) is 0.830. The number of carbonyl (C=O) groups is 1. The molecule has 1 aromatic heterocycles. The molecular formula is C11H15ClN2O2S.